The predicted molar refractivity (Wildman–Crippen MR) is 59.1 cm³/mol. The highest BCUT2D eigenvalue weighted by Crippen LogP contribution is 2.10. The zero-order chi connectivity index (χ0) is 11.5. The molecular weight excluding hydrogens is 226 g/mol. The molecule has 2 N–H and O–H groups in total. The number of rotatable bonds is 3. The quantitative estimate of drug-likeness (QED) is 0.836. The van der Waals surface area contributed by atoms with Crippen LogP contribution in [0.5, 0.6) is 0 Å². The molecule has 0 fully saturated rings. The second-order valence-electron chi connectivity index (χ2n) is 3.32. The Balaban J connectivity index is 2.03. The molecule has 0 aliphatic rings. The van der Waals surface area contributed by atoms with Crippen LogP contribution in [-0.2, 0) is 0 Å². The van der Waals surface area contributed by atoms with Crippen LogP contribution in [-0.4, -0.2) is 26.1 Å². The Bertz CT molecular complexity index is 478. The van der Waals surface area contributed by atoms with Crippen LogP contribution in [0.1, 0.15) is 34.3 Å². The lowest BCUT2D eigenvalue weighted by molar-refractivity contribution is 0.0934. The van der Waals surface area contributed by atoms with Gasteiger partial charge in [-0.25, -0.2) is 9.97 Å². The molecule has 0 aliphatic carbocycles. The van der Waals surface area contributed by atoms with Crippen molar-refractivity contribution in [3.63, 3.8) is 0 Å². The zero-order valence-corrected chi connectivity index (χ0v) is 9.71. The smallest absolute Gasteiger partial charge is 0.271 e. The maximum absolute atomic E-state index is 11.7. The van der Waals surface area contributed by atoms with Crippen LogP contribution in [0.4, 0.5) is 0 Å². The molecule has 1 unspecified atom stereocenters. The molecule has 0 aromatic carbocycles. The summed E-state index contributed by atoms with van der Waals surface area (Å²) < 4.78 is 0. The summed E-state index contributed by atoms with van der Waals surface area (Å²) in [5.41, 5.74) is 0.439. The van der Waals surface area contributed by atoms with Gasteiger partial charge in [0.15, 0.2) is 0 Å². The summed E-state index contributed by atoms with van der Waals surface area (Å²) in [7, 11) is 0. The maximum atomic E-state index is 11.7. The lowest BCUT2D eigenvalue weighted by atomic mass is 10.3. The Morgan fingerprint density at radius 2 is 2.44 bits per heavy atom. The Kier molecular flexibility index (Phi) is 2.95. The molecular formula is C9H11N5OS. The van der Waals surface area contributed by atoms with Gasteiger partial charge in [-0.2, -0.15) is 5.10 Å². The molecule has 0 saturated heterocycles. The van der Waals surface area contributed by atoms with Crippen molar-refractivity contribution >= 4 is 17.2 Å². The first-order valence-corrected chi connectivity index (χ1v) is 5.63. The normalized spacial score (nSPS) is 12.4. The predicted octanol–water partition coefficient (Wildman–Crippen LogP) is 1.06. The van der Waals surface area contributed by atoms with E-state index in [0.29, 0.717) is 11.5 Å². The molecule has 84 valence electrons. The number of carbonyl (C=O) groups excluding carboxylic acids is 1. The highest BCUT2D eigenvalue weighted by molar-refractivity contribution is 7.09. The molecule has 1 atom stereocenters. The van der Waals surface area contributed by atoms with Crippen LogP contribution in [0.3, 0.4) is 0 Å². The zero-order valence-electron chi connectivity index (χ0n) is 8.89. The Labute approximate surface area is 96.1 Å². The van der Waals surface area contributed by atoms with E-state index in [4.69, 9.17) is 0 Å². The molecule has 2 rings (SSSR count). The summed E-state index contributed by atoms with van der Waals surface area (Å²) in [5, 5.41) is 11.8. The third-order valence-electron chi connectivity index (χ3n) is 2.04. The van der Waals surface area contributed by atoms with Crippen LogP contribution >= 0.6 is 11.3 Å². The molecule has 16 heavy (non-hydrogen) atoms. The average Bonchev–Trinajstić information content (AvgIpc) is 2.87. The van der Waals surface area contributed by atoms with Gasteiger partial charge in [-0.3, -0.25) is 9.89 Å². The van der Waals surface area contributed by atoms with Gasteiger partial charge in [-0.05, 0) is 13.8 Å². The Hall–Kier alpha value is -1.76. The number of nitrogens with zero attached hydrogens (tertiary/aromatic N) is 3. The van der Waals surface area contributed by atoms with Crippen molar-refractivity contribution in [2.45, 2.75) is 19.9 Å². The number of aryl methyl sites for hydroxylation is 1. The molecule has 0 saturated carbocycles. The number of amides is 1. The van der Waals surface area contributed by atoms with Crippen LogP contribution in [0.2, 0.25) is 0 Å². The van der Waals surface area contributed by atoms with E-state index in [1.165, 1.54) is 17.7 Å². The second kappa shape index (κ2) is 4.40. The molecule has 2 aromatic rings. The van der Waals surface area contributed by atoms with Crippen molar-refractivity contribution in [1.82, 2.24) is 25.5 Å². The fourth-order valence-corrected chi connectivity index (χ4v) is 1.82. The van der Waals surface area contributed by atoms with Crippen molar-refractivity contribution in [2.24, 2.45) is 0 Å². The van der Waals surface area contributed by atoms with Gasteiger partial charge in [0, 0.05) is 5.38 Å². The number of carbonyl (C=O) groups is 1. The highest BCUT2D eigenvalue weighted by atomic mass is 32.1. The first kappa shape index (κ1) is 10.7. The number of aromatic nitrogens is 4. The summed E-state index contributed by atoms with van der Waals surface area (Å²) in [6.07, 6.45) is 1.41. The van der Waals surface area contributed by atoms with Crippen LogP contribution < -0.4 is 5.32 Å². The van der Waals surface area contributed by atoms with Gasteiger partial charge in [0.2, 0.25) is 0 Å². The largest absolute Gasteiger partial charge is 0.341 e. The first-order valence-electron chi connectivity index (χ1n) is 4.75. The lowest BCUT2D eigenvalue weighted by Gasteiger charge is -2.09. The summed E-state index contributed by atoms with van der Waals surface area (Å²) in [6.45, 7) is 3.69. The molecule has 2 heterocycles. The topological polar surface area (TPSA) is 83.6 Å². The SMILES string of the molecule is Cc1nc(C(=O)NC(C)c2ncn[nH]2)cs1. The minimum atomic E-state index is -0.211. The third-order valence-corrected chi connectivity index (χ3v) is 2.82. The van der Waals surface area contributed by atoms with E-state index >= 15 is 0 Å². The van der Waals surface area contributed by atoms with Gasteiger partial charge in [0.1, 0.15) is 17.8 Å². The van der Waals surface area contributed by atoms with Crippen LogP contribution in [0.15, 0.2) is 11.7 Å². The number of hydrogen-bond acceptors (Lipinski definition) is 5. The van der Waals surface area contributed by atoms with Gasteiger partial charge in [0.25, 0.3) is 5.91 Å². The van der Waals surface area contributed by atoms with E-state index in [9.17, 15) is 4.79 Å². The van der Waals surface area contributed by atoms with Gasteiger partial charge >= 0.3 is 0 Å². The number of aromatic amines is 1. The monoisotopic (exact) mass is 237 g/mol. The molecule has 0 spiro atoms. The number of nitrogens with one attached hydrogen (secondary N) is 2. The minimum Gasteiger partial charge on any atom is -0.341 e. The summed E-state index contributed by atoms with van der Waals surface area (Å²) in [5.74, 6) is 0.425. The lowest BCUT2D eigenvalue weighted by Crippen LogP contribution is -2.27. The molecule has 0 aliphatic heterocycles. The Morgan fingerprint density at radius 3 is 3.00 bits per heavy atom. The summed E-state index contributed by atoms with van der Waals surface area (Å²) in [4.78, 5) is 19.8. The number of hydrogen-bond donors (Lipinski definition) is 2. The maximum Gasteiger partial charge on any atom is 0.271 e. The van der Waals surface area contributed by atoms with Crippen molar-refractivity contribution in [2.75, 3.05) is 0 Å². The fourth-order valence-electron chi connectivity index (χ4n) is 1.23. The standard InChI is InChI=1S/C9H11N5OS/c1-5(8-10-4-11-14-8)12-9(15)7-3-16-6(2)13-7/h3-5H,1-2H3,(H,12,15)(H,10,11,14). The number of thiazole rings is 1. The van der Waals surface area contributed by atoms with Gasteiger partial charge in [-0.15, -0.1) is 11.3 Å². The molecule has 0 bridgehead atoms. The van der Waals surface area contributed by atoms with E-state index < -0.39 is 0 Å². The molecule has 6 nitrogen and oxygen atoms in total. The molecule has 1 amide bonds. The third kappa shape index (κ3) is 2.25. The first-order chi connectivity index (χ1) is 7.66. The van der Waals surface area contributed by atoms with Crippen molar-refractivity contribution in [1.29, 1.82) is 0 Å². The van der Waals surface area contributed by atoms with Gasteiger partial charge in [-0.1, -0.05) is 0 Å². The Morgan fingerprint density at radius 1 is 1.62 bits per heavy atom. The average molecular weight is 237 g/mol. The minimum absolute atomic E-state index is 0.201. The second-order valence-corrected chi connectivity index (χ2v) is 4.38. The fraction of sp³-hybridized carbons (Fsp3) is 0.333. The molecule has 0 radical (unpaired) electrons. The number of H-pyrrole nitrogens is 1. The van der Waals surface area contributed by atoms with Crippen molar-refractivity contribution < 1.29 is 4.79 Å². The molecule has 7 heteroatoms. The van der Waals surface area contributed by atoms with E-state index in [1.807, 2.05) is 13.8 Å². The molecule has 2 aromatic heterocycles. The van der Waals surface area contributed by atoms with Crippen molar-refractivity contribution in [3.8, 4) is 0 Å². The van der Waals surface area contributed by atoms with Crippen LogP contribution in [0.25, 0.3) is 0 Å². The van der Waals surface area contributed by atoms with Crippen LogP contribution in [0, 0.1) is 6.92 Å². The van der Waals surface area contributed by atoms with E-state index in [0.717, 1.165) is 5.01 Å². The van der Waals surface area contributed by atoms with Crippen molar-refractivity contribution in [3.05, 3.63) is 28.2 Å². The van der Waals surface area contributed by atoms with Gasteiger partial charge in [0.05, 0.1) is 11.0 Å². The van der Waals surface area contributed by atoms with E-state index in [1.54, 1.807) is 5.38 Å². The van der Waals surface area contributed by atoms with Gasteiger partial charge < -0.3 is 5.32 Å². The summed E-state index contributed by atoms with van der Waals surface area (Å²) in [6, 6.07) is -0.211. The van der Waals surface area contributed by atoms with E-state index in [-0.39, 0.29) is 11.9 Å². The highest BCUT2D eigenvalue weighted by Gasteiger charge is 2.15. The van der Waals surface area contributed by atoms with E-state index in [2.05, 4.69) is 25.5 Å². The summed E-state index contributed by atoms with van der Waals surface area (Å²) >= 11 is 1.45.